The Hall–Kier alpha value is -0.980. The molecule has 0 radical (unpaired) electrons. The molecule has 0 saturated carbocycles. The maximum absolute atomic E-state index is 11.8. The standard InChI is InChI=1S/C10H15NO5/c1-10(15,5-12)4-11-8(13)6-2-3-7(16-6)9(11)14/h6-7,12,15H,2-5H2,1H3. The highest BCUT2D eigenvalue weighted by Crippen LogP contribution is 2.29. The van der Waals surface area contributed by atoms with Gasteiger partial charge in [-0.05, 0) is 19.8 Å². The summed E-state index contributed by atoms with van der Waals surface area (Å²) in [6, 6.07) is 0. The average Bonchev–Trinajstić information content (AvgIpc) is 2.69. The second-order valence-electron chi connectivity index (χ2n) is 4.61. The van der Waals surface area contributed by atoms with E-state index in [0.717, 1.165) is 4.90 Å². The number of likely N-dealkylation sites (tertiary alicyclic amines) is 1. The minimum atomic E-state index is -1.46. The van der Waals surface area contributed by atoms with Crippen molar-refractivity contribution in [2.45, 2.75) is 37.6 Å². The van der Waals surface area contributed by atoms with Crippen molar-refractivity contribution in [1.82, 2.24) is 4.90 Å². The van der Waals surface area contributed by atoms with Crippen LogP contribution in [0.25, 0.3) is 0 Å². The van der Waals surface area contributed by atoms with E-state index in [1.54, 1.807) is 0 Å². The van der Waals surface area contributed by atoms with Crippen LogP contribution >= 0.6 is 0 Å². The van der Waals surface area contributed by atoms with Crippen LogP contribution in [0.4, 0.5) is 0 Å². The number of carbonyl (C=O) groups excluding carboxylic acids is 2. The summed E-state index contributed by atoms with van der Waals surface area (Å²) >= 11 is 0. The van der Waals surface area contributed by atoms with Crippen molar-refractivity contribution in [3.8, 4) is 0 Å². The minimum absolute atomic E-state index is 0.183. The Kier molecular flexibility index (Phi) is 2.73. The van der Waals surface area contributed by atoms with Crippen LogP contribution in [-0.2, 0) is 14.3 Å². The number of aliphatic hydroxyl groups excluding tert-OH is 1. The largest absolute Gasteiger partial charge is 0.393 e. The summed E-state index contributed by atoms with van der Waals surface area (Å²) in [5.41, 5.74) is -1.46. The Morgan fingerprint density at radius 1 is 1.38 bits per heavy atom. The molecule has 0 aromatic rings. The molecule has 2 aliphatic heterocycles. The van der Waals surface area contributed by atoms with E-state index in [1.165, 1.54) is 6.92 Å². The molecule has 16 heavy (non-hydrogen) atoms. The normalized spacial score (nSPS) is 33.1. The highest BCUT2D eigenvalue weighted by Gasteiger charge is 2.47. The van der Waals surface area contributed by atoms with Gasteiger partial charge in [0.2, 0.25) is 0 Å². The number of rotatable bonds is 3. The van der Waals surface area contributed by atoms with Crippen molar-refractivity contribution in [2.24, 2.45) is 0 Å². The Balaban J connectivity index is 2.14. The molecule has 90 valence electrons. The van der Waals surface area contributed by atoms with Crippen molar-refractivity contribution in [3.63, 3.8) is 0 Å². The first-order valence-electron chi connectivity index (χ1n) is 5.28. The predicted molar refractivity (Wildman–Crippen MR) is 52.3 cm³/mol. The molecule has 2 saturated heterocycles. The van der Waals surface area contributed by atoms with Gasteiger partial charge in [0.25, 0.3) is 11.8 Å². The van der Waals surface area contributed by atoms with Crippen LogP contribution in [0.3, 0.4) is 0 Å². The van der Waals surface area contributed by atoms with Crippen LogP contribution in [0.2, 0.25) is 0 Å². The molecule has 0 aromatic carbocycles. The summed E-state index contributed by atoms with van der Waals surface area (Å²) in [5.74, 6) is -0.819. The molecule has 6 heteroatoms. The van der Waals surface area contributed by atoms with Crippen LogP contribution in [0.1, 0.15) is 19.8 Å². The Labute approximate surface area is 92.8 Å². The van der Waals surface area contributed by atoms with Gasteiger partial charge in [-0.3, -0.25) is 14.5 Å². The number of hydrogen-bond donors (Lipinski definition) is 2. The maximum atomic E-state index is 11.8. The van der Waals surface area contributed by atoms with Crippen molar-refractivity contribution in [1.29, 1.82) is 0 Å². The Morgan fingerprint density at radius 2 is 1.88 bits per heavy atom. The van der Waals surface area contributed by atoms with Crippen LogP contribution in [0.5, 0.6) is 0 Å². The summed E-state index contributed by atoms with van der Waals surface area (Å²) in [6.07, 6.45) is -0.0191. The van der Waals surface area contributed by atoms with Gasteiger partial charge in [-0.1, -0.05) is 0 Å². The predicted octanol–water partition coefficient (Wildman–Crippen LogP) is -1.35. The molecule has 2 aliphatic rings. The Morgan fingerprint density at radius 3 is 2.31 bits per heavy atom. The molecule has 0 aromatic heterocycles. The summed E-state index contributed by atoms with van der Waals surface area (Å²) in [6.45, 7) is 0.697. The van der Waals surface area contributed by atoms with E-state index >= 15 is 0 Å². The van der Waals surface area contributed by atoms with Crippen LogP contribution in [0.15, 0.2) is 0 Å². The number of β-amino-alcohol motifs (C(OH)–C–C–N with tert-alkyl or cyclic N) is 1. The van der Waals surface area contributed by atoms with Gasteiger partial charge in [-0.25, -0.2) is 0 Å². The molecule has 2 N–H and O–H groups in total. The molecule has 2 heterocycles. The van der Waals surface area contributed by atoms with Crippen molar-refractivity contribution in [2.75, 3.05) is 13.2 Å². The first kappa shape index (κ1) is 11.5. The van der Waals surface area contributed by atoms with E-state index < -0.39 is 36.2 Å². The van der Waals surface area contributed by atoms with Gasteiger partial charge in [0, 0.05) is 0 Å². The summed E-state index contributed by atoms with van der Waals surface area (Å²) in [7, 11) is 0. The third-order valence-corrected chi connectivity index (χ3v) is 2.94. The molecular formula is C10H15NO5. The lowest BCUT2D eigenvalue weighted by Crippen LogP contribution is -2.56. The van der Waals surface area contributed by atoms with Gasteiger partial charge >= 0.3 is 0 Å². The number of nitrogens with zero attached hydrogens (tertiary/aromatic N) is 1. The van der Waals surface area contributed by atoms with Gasteiger partial charge in [-0.2, -0.15) is 0 Å². The number of fused-ring (bicyclic) bond motifs is 2. The first-order chi connectivity index (χ1) is 7.44. The first-order valence-corrected chi connectivity index (χ1v) is 5.28. The van der Waals surface area contributed by atoms with E-state index in [-0.39, 0.29) is 6.54 Å². The monoisotopic (exact) mass is 229 g/mol. The SMILES string of the molecule is CC(O)(CO)CN1C(=O)C2CCC(O2)C1=O. The molecule has 0 spiro atoms. The van der Waals surface area contributed by atoms with Crippen molar-refractivity contribution in [3.05, 3.63) is 0 Å². The van der Waals surface area contributed by atoms with Crippen LogP contribution < -0.4 is 0 Å². The molecule has 2 bridgehead atoms. The third kappa shape index (κ3) is 1.83. The maximum Gasteiger partial charge on any atom is 0.258 e. The lowest BCUT2D eigenvalue weighted by molar-refractivity contribution is -0.173. The molecular weight excluding hydrogens is 214 g/mol. The molecule has 2 rings (SSSR count). The molecule has 3 unspecified atom stereocenters. The lowest BCUT2D eigenvalue weighted by Gasteiger charge is -2.34. The van der Waals surface area contributed by atoms with Crippen LogP contribution in [0, 0.1) is 0 Å². The molecule has 6 nitrogen and oxygen atoms in total. The van der Waals surface area contributed by atoms with Crippen molar-refractivity contribution >= 4 is 11.8 Å². The van der Waals surface area contributed by atoms with Gasteiger partial charge < -0.3 is 14.9 Å². The summed E-state index contributed by atoms with van der Waals surface area (Å²) < 4.78 is 5.22. The fourth-order valence-corrected chi connectivity index (χ4v) is 2.00. The topological polar surface area (TPSA) is 87.1 Å². The second-order valence-corrected chi connectivity index (χ2v) is 4.61. The van der Waals surface area contributed by atoms with Crippen LogP contribution in [-0.4, -0.2) is 57.9 Å². The number of imide groups is 1. The smallest absolute Gasteiger partial charge is 0.258 e. The number of amides is 2. The number of ether oxygens (including phenoxy) is 1. The zero-order valence-corrected chi connectivity index (χ0v) is 9.05. The van der Waals surface area contributed by atoms with E-state index in [9.17, 15) is 14.7 Å². The average molecular weight is 229 g/mol. The van der Waals surface area contributed by atoms with E-state index in [0.29, 0.717) is 12.8 Å². The zero-order chi connectivity index (χ0) is 11.9. The quantitative estimate of drug-likeness (QED) is 0.584. The zero-order valence-electron chi connectivity index (χ0n) is 9.05. The van der Waals surface area contributed by atoms with E-state index in [2.05, 4.69) is 0 Å². The molecule has 3 atom stereocenters. The van der Waals surface area contributed by atoms with Crippen molar-refractivity contribution < 1.29 is 24.5 Å². The fraction of sp³-hybridized carbons (Fsp3) is 0.800. The molecule has 2 amide bonds. The lowest BCUT2D eigenvalue weighted by atomic mass is 10.1. The minimum Gasteiger partial charge on any atom is -0.393 e. The summed E-state index contributed by atoms with van der Waals surface area (Å²) in [4.78, 5) is 24.6. The van der Waals surface area contributed by atoms with Gasteiger partial charge in [0.15, 0.2) is 0 Å². The number of hydrogen-bond acceptors (Lipinski definition) is 5. The third-order valence-electron chi connectivity index (χ3n) is 2.94. The highest BCUT2D eigenvalue weighted by atomic mass is 16.5. The van der Waals surface area contributed by atoms with E-state index in [4.69, 9.17) is 9.84 Å². The van der Waals surface area contributed by atoms with E-state index in [1.807, 2.05) is 0 Å². The van der Waals surface area contributed by atoms with Gasteiger partial charge in [-0.15, -0.1) is 0 Å². The van der Waals surface area contributed by atoms with Gasteiger partial charge in [0.1, 0.15) is 17.8 Å². The number of morpholine rings is 1. The fourth-order valence-electron chi connectivity index (χ4n) is 2.00. The molecule has 2 fully saturated rings. The van der Waals surface area contributed by atoms with Gasteiger partial charge in [0.05, 0.1) is 13.2 Å². The second kappa shape index (κ2) is 3.80. The Bertz CT molecular complexity index is 305. The highest BCUT2D eigenvalue weighted by molar-refractivity contribution is 6.02. The summed E-state index contributed by atoms with van der Waals surface area (Å²) in [5, 5.41) is 18.6. The number of aliphatic hydroxyl groups is 2. The molecule has 0 aliphatic carbocycles. The number of carbonyl (C=O) groups is 2.